The van der Waals surface area contributed by atoms with Crippen molar-refractivity contribution in [2.24, 2.45) is 0 Å². The van der Waals surface area contributed by atoms with Crippen LogP contribution in [0.15, 0.2) is 146 Å². The summed E-state index contributed by atoms with van der Waals surface area (Å²) < 4.78 is 5.63. The van der Waals surface area contributed by atoms with Crippen LogP contribution in [0.1, 0.15) is 176 Å². The zero-order valence-electron chi connectivity index (χ0n) is 46.5. The number of nitrogens with zero attached hydrogens (tertiary/aromatic N) is 2. The van der Waals surface area contributed by atoms with Crippen molar-refractivity contribution in [1.29, 1.82) is 0 Å². The molecule has 1 spiro atoms. The average Bonchev–Trinajstić information content (AvgIpc) is 3.87. The molecule has 4 aliphatic rings. The zero-order valence-corrected chi connectivity index (χ0v) is 46.5. The van der Waals surface area contributed by atoms with Gasteiger partial charge in [-0.25, -0.2) is 0 Å². The van der Waals surface area contributed by atoms with Crippen molar-refractivity contribution in [2.75, 3.05) is 0 Å². The van der Waals surface area contributed by atoms with E-state index >= 15 is 0 Å². The second-order valence-corrected chi connectivity index (χ2v) is 25.0. The van der Waals surface area contributed by atoms with Crippen molar-refractivity contribution in [1.82, 2.24) is 9.13 Å². The Balaban J connectivity index is 1.25. The smallest absolute Gasteiger partial charge is 0.252 e. The van der Waals surface area contributed by atoms with E-state index in [1.165, 1.54) is 154 Å². The summed E-state index contributed by atoms with van der Waals surface area (Å²) in [6.45, 7) is 26.3. The molecule has 2 aromatic heterocycles. The molecule has 4 atom stereocenters. The maximum atomic E-state index is 2.84. The average molecular weight is 985 g/mol. The van der Waals surface area contributed by atoms with Gasteiger partial charge in [-0.3, -0.25) is 0 Å². The first-order valence-electron chi connectivity index (χ1n) is 29.1. The Labute approximate surface area is 449 Å². The molecule has 15 rings (SSSR count). The Hall–Kier alpha value is -7.10. The Morgan fingerprint density at radius 2 is 0.921 bits per heavy atom. The van der Waals surface area contributed by atoms with Crippen molar-refractivity contribution in [3.8, 4) is 33.6 Å². The highest BCUT2D eigenvalue weighted by Gasteiger charge is 2.55. The molecule has 3 heteroatoms. The van der Waals surface area contributed by atoms with Gasteiger partial charge in [0.05, 0.1) is 22.1 Å². The van der Waals surface area contributed by atoms with Gasteiger partial charge in [0.1, 0.15) is 0 Å². The first-order valence-corrected chi connectivity index (χ1v) is 29.1. The Morgan fingerprint density at radius 1 is 0.408 bits per heavy atom. The van der Waals surface area contributed by atoms with E-state index in [1.54, 1.807) is 0 Å². The third kappa shape index (κ3) is 5.69. The highest BCUT2D eigenvalue weighted by Crippen LogP contribution is 2.63. The van der Waals surface area contributed by atoms with Crippen LogP contribution in [-0.2, 0) is 10.8 Å². The highest BCUT2D eigenvalue weighted by atomic mass is 15.1. The molecule has 0 saturated carbocycles. The van der Waals surface area contributed by atoms with Crippen LogP contribution >= 0.6 is 0 Å². The second kappa shape index (κ2) is 16.0. The lowest BCUT2D eigenvalue weighted by molar-refractivity contribution is 0.596. The summed E-state index contributed by atoms with van der Waals surface area (Å²) in [5.41, 5.74) is 30.1. The van der Waals surface area contributed by atoms with Crippen LogP contribution in [0.3, 0.4) is 0 Å². The van der Waals surface area contributed by atoms with Crippen LogP contribution in [0.4, 0.5) is 0 Å². The van der Waals surface area contributed by atoms with Gasteiger partial charge in [0.25, 0.3) is 6.71 Å². The molecule has 2 nitrogen and oxygen atoms in total. The van der Waals surface area contributed by atoms with Gasteiger partial charge in [-0.2, -0.15) is 0 Å². The molecule has 0 bridgehead atoms. The monoisotopic (exact) mass is 985 g/mol. The van der Waals surface area contributed by atoms with Gasteiger partial charge in [0, 0.05) is 43.8 Å². The molecule has 4 unspecified atom stereocenters. The highest BCUT2D eigenvalue weighted by molar-refractivity contribution is 7.00. The molecule has 0 N–H and O–H groups in total. The van der Waals surface area contributed by atoms with E-state index in [4.69, 9.17) is 0 Å². The van der Waals surface area contributed by atoms with E-state index in [-0.39, 0.29) is 12.1 Å². The lowest BCUT2D eigenvalue weighted by Crippen LogP contribution is -2.61. The number of benzene rings is 9. The molecule has 0 amide bonds. The fourth-order valence-corrected chi connectivity index (χ4v) is 15.4. The van der Waals surface area contributed by atoms with E-state index in [1.807, 2.05) is 0 Å². The van der Waals surface area contributed by atoms with Crippen LogP contribution in [0.25, 0.3) is 88.0 Å². The van der Waals surface area contributed by atoms with Gasteiger partial charge in [-0.1, -0.05) is 185 Å². The van der Waals surface area contributed by atoms with Gasteiger partial charge in [0.2, 0.25) is 0 Å². The Morgan fingerprint density at radius 3 is 1.54 bits per heavy atom. The third-order valence-corrected chi connectivity index (χ3v) is 20.1. The minimum Gasteiger partial charge on any atom is -0.310 e. The van der Waals surface area contributed by atoms with E-state index in [0.29, 0.717) is 23.7 Å². The fourth-order valence-electron chi connectivity index (χ4n) is 15.4. The van der Waals surface area contributed by atoms with E-state index in [9.17, 15) is 0 Å². The molecule has 3 aliphatic heterocycles. The number of rotatable bonds is 9. The third-order valence-electron chi connectivity index (χ3n) is 20.1. The van der Waals surface area contributed by atoms with Gasteiger partial charge >= 0.3 is 0 Å². The second-order valence-electron chi connectivity index (χ2n) is 25.0. The molecule has 374 valence electrons. The van der Waals surface area contributed by atoms with Crippen LogP contribution in [0.5, 0.6) is 0 Å². The summed E-state index contributed by atoms with van der Waals surface area (Å²) in [6, 6.07) is 59.5. The maximum absolute atomic E-state index is 2.84. The molecule has 0 fully saturated rings. The predicted molar refractivity (Wildman–Crippen MR) is 327 cm³/mol. The van der Waals surface area contributed by atoms with Gasteiger partial charge in [-0.15, -0.1) is 0 Å². The van der Waals surface area contributed by atoms with Gasteiger partial charge in [0.15, 0.2) is 0 Å². The predicted octanol–water partition coefficient (Wildman–Crippen LogP) is 17.9. The summed E-state index contributed by atoms with van der Waals surface area (Å²) in [6.07, 6.45) is 4.36. The van der Waals surface area contributed by atoms with Crippen LogP contribution < -0.4 is 16.4 Å². The largest absolute Gasteiger partial charge is 0.310 e. The van der Waals surface area contributed by atoms with Gasteiger partial charge in [-0.05, 0) is 185 Å². The minimum absolute atomic E-state index is 0.0102. The molecule has 9 aromatic carbocycles. The number of hydrogen-bond donors (Lipinski definition) is 0. The first kappa shape index (κ1) is 46.2. The first-order chi connectivity index (χ1) is 36.8. The van der Waals surface area contributed by atoms with Gasteiger partial charge < -0.3 is 9.13 Å². The number of fused-ring (bicyclic) bond motifs is 15. The van der Waals surface area contributed by atoms with Crippen molar-refractivity contribution in [3.63, 3.8) is 0 Å². The SMILES string of the molecule is CCC(C)c1ccc2c(c1)c1cc(C(C)CC)cc3c1n2-c1c(-c2cccc4c(C(C)(C)C)cccc24)cc2c4c1B3c1cc(C(C)CC)cc3c5cc(C(C)CC)cc(c5n-4c13)C21c2ccccc2-c2ccccc21. The lowest BCUT2D eigenvalue weighted by Gasteiger charge is -2.45. The summed E-state index contributed by atoms with van der Waals surface area (Å²) in [5, 5.41) is 8.24. The molecule has 0 saturated heterocycles. The maximum Gasteiger partial charge on any atom is 0.252 e. The van der Waals surface area contributed by atoms with E-state index < -0.39 is 5.41 Å². The van der Waals surface area contributed by atoms with E-state index in [2.05, 4.69) is 231 Å². The normalized spacial score (nSPS) is 15.9. The summed E-state index contributed by atoms with van der Waals surface area (Å²) in [5.74, 6) is 1.65. The van der Waals surface area contributed by atoms with E-state index in [0.717, 1.165) is 25.7 Å². The molecule has 11 aromatic rings. The van der Waals surface area contributed by atoms with Crippen LogP contribution in [-0.4, -0.2) is 15.8 Å². The standard InChI is InChI=1S/C73H69BN2/c1-12-40(5)44-30-31-65-53(32-44)54-34-46(42(7)14-3)37-63-68(54)75(65)70-57(49-24-20-26-50-48(49)25-21-29-58(50)72(9,10)11)39-62-71-66(70)74(63)64-38-47(43(8)15-4)35-56-55-33-45(41(6)13-2)36-61(67(55)76(71)69(56)64)73(62)59-27-18-16-22-51(59)52-23-17-19-28-60(52)73/h16-43H,12-15H2,1-11H3. The fraction of sp³-hybridized carbons (Fsp3) is 0.288. The molecule has 1 aliphatic carbocycles. The lowest BCUT2D eigenvalue weighted by atomic mass is 9.33. The van der Waals surface area contributed by atoms with Crippen molar-refractivity contribution in [2.45, 2.75) is 136 Å². The topological polar surface area (TPSA) is 9.86 Å². The van der Waals surface area contributed by atoms with Crippen molar-refractivity contribution < 1.29 is 0 Å². The van der Waals surface area contributed by atoms with Crippen LogP contribution in [0, 0.1) is 0 Å². The molecular weight excluding hydrogens is 916 g/mol. The molecule has 5 heterocycles. The van der Waals surface area contributed by atoms with Crippen molar-refractivity contribution >= 4 is 77.5 Å². The summed E-state index contributed by atoms with van der Waals surface area (Å²) >= 11 is 0. The number of aromatic nitrogens is 2. The van der Waals surface area contributed by atoms with Crippen molar-refractivity contribution in [3.05, 3.63) is 196 Å². The molecule has 0 radical (unpaired) electrons. The quantitative estimate of drug-likeness (QED) is 0.128. The Bertz CT molecular complexity index is 4310. The summed E-state index contributed by atoms with van der Waals surface area (Å²) in [7, 11) is 0. The Kier molecular flexibility index (Phi) is 9.72. The summed E-state index contributed by atoms with van der Waals surface area (Å²) in [4.78, 5) is 0. The molecular formula is C73H69BN2. The molecule has 76 heavy (non-hydrogen) atoms. The minimum atomic E-state index is -0.598. The number of hydrogen-bond acceptors (Lipinski definition) is 0. The van der Waals surface area contributed by atoms with Crippen LogP contribution in [0.2, 0.25) is 0 Å². The zero-order chi connectivity index (χ0) is 52.0.